The van der Waals surface area contributed by atoms with E-state index in [1.807, 2.05) is 0 Å². The topological polar surface area (TPSA) is 3.24 Å². The van der Waals surface area contributed by atoms with Gasteiger partial charge in [0.15, 0.2) is 0 Å². The molecule has 1 unspecified atom stereocenters. The third-order valence-corrected chi connectivity index (χ3v) is 4.79. The lowest BCUT2D eigenvalue weighted by molar-refractivity contribution is 0.385. The molecule has 0 N–H and O–H groups in total. The quantitative estimate of drug-likeness (QED) is 0.556. The molecule has 0 fully saturated rings. The number of alkyl halides is 2. The highest BCUT2D eigenvalue weighted by molar-refractivity contribution is 14.1. The Kier molecular flexibility index (Phi) is 5.01. The van der Waals surface area contributed by atoms with Crippen molar-refractivity contribution in [1.82, 2.24) is 4.90 Å². The maximum atomic E-state index is 2.51. The molecular weight excluding hydrogens is 340 g/mol. The first-order chi connectivity index (χ1) is 3.98. The lowest BCUT2D eigenvalue weighted by Gasteiger charge is -2.23. The van der Waals surface area contributed by atoms with Crippen molar-refractivity contribution in [3.05, 3.63) is 0 Å². The van der Waals surface area contributed by atoms with Gasteiger partial charge in [0.05, 0.1) is 0 Å². The molecule has 9 heavy (non-hydrogen) atoms. The maximum Gasteiger partial charge on any atom is 0.0409 e. The summed E-state index contributed by atoms with van der Waals surface area (Å²) in [5.41, 5.74) is 0. The van der Waals surface area contributed by atoms with Gasteiger partial charge in [-0.05, 0) is 21.0 Å². The summed E-state index contributed by atoms with van der Waals surface area (Å²) in [4.78, 5) is 2.23. The summed E-state index contributed by atoms with van der Waals surface area (Å²) < 4.78 is 1.66. The van der Waals surface area contributed by atoms with Gasteiger partial charge in [0.1, 0.15) is 0 Å². The molecule has 1 atom stereocenters. The second-order valence-corrected chi connectivity index (χ2v) is 6.15. The van der Waals surface area contributed by atoms with Crippen molar-refractivity contribution in [1.29, 1.82) is 0 Å². The van der Waals surface area contributed by atoms with E-state index >= 15 is 0 Å². The minimum Gasteiger partial charge on any atom is -0.308 e. The molecule has 0 spiro atoms. The predicted octanol–water partition coefficient (Wildman–Crippen LogP) is 2.18. The fraction of sp³-hybridized carbons (Fsp3) is 1.00. The Morgan fingerprint density at radius 1 is 1.44 bits per heavy atom. The van der Waals surface area contributed by atoms with Crippen LogP contribution in [0, 0.1) is 0 Å². The van der Waals surface area contributed by atoms with Crippen LogP contribution in [0.2, 0.25) is 0 Å². The van der Waals surface area contributed by atoms with Crippen molar-refractivity contribution in [2.24, 2.45) is 0 Å². The van der Waals surface area contributed by atoms with Crippen molar-refractivity contribution in [3.8, 4) is 0 Å². The van der Waals surface area contributed by atoms with Crippen LogP contribution >= 0.6 is 45.2 Å². The zero-order valence-corrected chi connectivity index (χ0v) is 10.4. The average molecular weight is 353 g/mol. The molecule has 0 aliphatic carbocycles. The van der Waals surface area contributed by atoms with Crippen LogP contribution < -0.4 is 0 Å². The molecule has 1 nitrogen and oxygen atoms in total. The van der Waals surface area contributed by atoms with Crippen molar-refractivity contribution < 1.29 is 0 Å². The molecule has 0 aliphatic rings. The minimum absolute atomic E-state index is 0.446. The number of nitrogens with zero attached hydrogens (tertiary/aromatic N) is 1. The molecule has 0 heterocycles. The summed E-state index contributed by atoms with van der Waals surface area (Å²) >= 11 is 4.94. The van der Waals surface area contributed by atoms with Crippen LogP contribution in [0.25, 0.3) is 0 Å². The fourth-order valence-corrected chi connectivity index (χ4v) is 1.63. The normalized spacial score (nSPS) is 18.0. The number of hydrogen-bond donors (Lipinski definition) is 0. The molecule has 0 saturated heterocycles. The first-order valence-corrected chi connectivity index (χ1v) is 5.48. The zero-order valence-electron chi connectivity index (χ0n) is 6.12. The van der Waals surface area contributed by atoms with E-state index in [0.29, 0.717) is 3.42 Å². The zero-order chi connectivity index (χ0) is 7.49. The second kappa shape index (κ2) is 4.33. The van der Waals surface area contributed by atoms with Crippen molar-refractivity contribution in [2.75, 3.05) is 25.1 Å². The smallest absolute Gasteiger partial charge is 0.0409 e. The van der Waals surface area contributed by atoms with E-state index in [-0.39, 0.29) is 0 Å². The molecule has 0 bridgehead atoms. The molecule has 0 aromatic rings. The Hall–Kier alpha value is 1.42. The van der Waals surface area contributed by atoms with Crippen LogP contribution in [0.1, 0.15) is 6.92 Å². The van der Waals surface area contributed by atoms with Gasteiger partial charge < -0.3 is 4.90 Å². The Bertz CT molecular complexity index is 81.1. The summed E-state index contributed by atoms with van der Waals surface area (Å²) in [7, 11) is 4.23. The summed E-state index contributed by atoms with van der Waals surface area (Å²) in [5, 5.41) is 0. The van der Waals surface area contributed by atoms with E-state index in [1.54, 1.807) is 0 Å². The van der Waals surface area contributed by atoms with Crippen molar-refractivity contribution in [3.63, 3.8) is 0 Å². The van der Waals surface area contributed by atoms with Crippen molar-refractivity contribution >= 4 is 45.2 Å². The van der Waals surface area contributed by atoms with Crippen LogP contribution in [0.4, 0.5) is 0 Å². The summed E-state index contributed by atoms with van der Waals surface area (Å²) in [6.07, 6.45) is 0. The Morgan fingerprint density at radius 3 is 2.00 bits per heavy atom. The van der Waals surface area contributed by atoms with E-state index in [2.05, 4.69) is 71.1 Å². The van der Waals surface area contributed by atoms with Crippen LogP contribution in [0.5, 0.6) is 0 Å². The lowest BCUT2D eigenvalue weighted by Crippen LogP contribution is -2.32. The molecular formula is C6H13I2N. The lowest BCUT2D eigenvalue weighted by atomic mass is 10.2. The molecule has 56 valence electrons. The molecule has 0 aliphatic heterocycles. The van der Waals surface area contributed by atoms with Gasteiger partial charge in [-0.15, -0.1) is 0 Å². The summed E-state index contributed by atoms with van der Waals surface area (Å²) in [6, 6.07) is 0. The van der Waals surface area contributed by atoms with Crippen LogP contribution in [-0.4, -0.2) is 33.4 Å². The summed E-state index contributed by atoms with van der Waals surface area (Å²) in [6.45, 7) is 3.44. The van der Waals surface area contributed by atoms with Gasteiger partial charge in [-0.2, -0.15) is 0 Å². The SMILES string of the molecule is CN(C)CC(C)(I)CI. The number of hydrogen-bond acceptors (Lipinski definition) is 1. The first kappa shape index (κ1) is 10.4. The largest absolute Gasteiger partial charge is 0.308 e. The molecule has 0 rings (SSSR count). The highest BCUT2D eigenvalue weighted by Crippen LogP contribution is 2.21. The van der Waals surface area contributed by atoms with Gasteiger partial charge in [0.2, 0.25) is 0 Å². The fourth-order valence-electron chi connectivity index (χ4n) is 0.702. The second-order valence-electron chi connectivity index (χ2n) is 2.78. The van der Waals surface area contributed by atoms with E-state index in [1.165, 1.54) is 4.43 Å². The molecule has 0 radical (unpaired) electrons. The molecule has 0 amide bonds. The summed E-state index contributed by atoms with van der Waals surface area (Å²) in [5.74, 6) is 0. The van der Waals surface area contributed by atoms with Crippen LogP contribution in [-0.2, 0) is 0 Å². The maximum absolute atomic E-state index is 2.51. The molecule has 3 heteroatoms. The van der Waals surface area contributed by atoms with Gasteiger partial charge in [-0.1, -0.05) is 45.2 Å². The highest BCUT2D eigenvalue weighted by Gasteiger charge is 2.18. The standard InChI is InChI=1S/C6H13I2N/c1-6(8,4-7)5-9(2)3/h4-5H2,1-3H3. The van der Waals surface area contributed by atoms with Crippen LogP contribution in [0.15, 0.2) is 0 Å². The minimum atomic E-state index is 0.446. The Labute approximate surface area is 84.8 Å². The Morgan fingerprint density at radius 2 is 1.89 bits per heavy atom. The van der Waals surface area contributed by atoms with Crippen LogP contribution in [0.3, 0.4) is 0 Å². The molecule has 0 aromatic carbocycles. The van der Waals surface area contributed by atoms with Gasteiger partial charge in [-0.25, -0.2) is 0 Å². The van der Waals surface area contributed by atoms with Crippen molar-refractivity contribution in [2.45, 2.75) is 10.3 Å². The molecule has 0 aromatic heterocycles. The van der Waals surface area contributed by atoms with Gasteiger partial charge in [-0.3, -0.25) is 0 Å². The number of rotatable bonds is 3. The van der Waals surface area contributed by atoms with Gasteiger partial charge in [0.25, 0.3) is 0 Å². The number of halogens is 2. The van der Waals surface area contributed by atoms with E-state index < -0.39 is 0 Å². The van der Waals surface area contributed by atoms with E-state index in [4.69, 9.17) is 0 Å². The monoisotopic (exact) mass is 353 g/mol. The van der Waals surface area contributed by atoms with E-state index in [0.717, 1.165) is 6.54 Å². The molecule has 0 saturated carbocycles. The first-order valence-electron chi connectivity index (χ1n) is 2.87. The Balaban J connectivity index is 3.58. The third-order valence-electron chi connectivity index (χ3n) is 0.925. The van der Waals surface area contributed by atoms with Gasteiger partial charge >= 0.3 is 0 Å². The average Bonchev–Trinajstić information content (AvgIpc) is 1.63. The van der Waals surface area contributed by atoms with E-state index in [9.17, 15) is 0 Å². The predicted molar refractivity (Wildman–Crippen MR) is 59.9 cm³/mol. The third kappa shape index (κ3) is 5.84. The van der Waals surface area contributed by atoms with Gasteiger partial charge in [0, 0.05) is 14.4 Å². The highest BCUT2D eigenvalue weighted by atomic mass is 127.